The number of rotatable bonds is 13. The Hall–Kier alpha value is -2.68. The number of thiazole rings is 1. The highest BCUT2D eigenvalue weighted by atomic mass is 32.1. The molecule has 0 radical (unpaired) electrons. The van der Waals surface area contributed by atoms with Gasteiger partial charge in [0.1, 0.15) is 11.3 Å². The van der Waals surface area contributed by atoms with Crippen LogP contribution in [-0.2, 0) is 17.6 Å². The van der Waals surface area contributed by atoms with Gasteiger partial charge in [0.05, 0.1) is 4.70 Å². The van der Waals surface area contributed by atoms with Crippen LogP contribution in [0.2, 0.25) is 0 Å². The number of fused-ring (bicyclic) bond motifs is 1. The Bertz CT molecular complexity index is 1180. The fraction of sp³-hybridized carbons (Fsp3) is 0.500. The predicted octanol–water partition coefficient (Wildman–Crippen LogP) is 3.83. The summed E-state index contributed by atoms with van der Waals surface area (Å²) in [6, 6.07) is 12.1. The first-order chi connectivity index (χ1) is 17.1. The van der Waals surface area contributed by atoms with Crippen molar-refractivity contribution in [2.75, 3.05) is 39.3 Å². The van der Waals surface area contributed by atoms with Crippen LogP contribution < -0.4 is 15.5 Å². The zero-order chi connectivity index (χ0) is 26.1. The Kier molecular flexibility index (Phi) is 10.1. The number of nitrogens with zero attached hydrogens (tertiary/aromatic N) is 1. The number of benzene rings is 2. The highest BCUT2D eigenvalue weighted by Gasteiger charge is 2.20. The van der Waals surface area contributed by atoms with Crippen molar-refractivity contribution in [2.45, 2.75) is 47.0 Å². The standard InChI is InChI=1S/C28H40N4O3S/c1-20-5-7-21(8-6-20)11-14-29-16-13-24(34)32(19-28(2,3)4)18-17-30-15-12-22-9-10-23(33)25-26(22)36-27(35)31-25/h5-10,29-30,33H,11-19H2,1-4H3,(H,31,35). The Morgan fingerprint density at radius 3 is 2.42 bits per heavy atom. The van der Waals surface area contributed by atoms with Crippen LogP contribution in [0.5, 0.6) is 5.75 Å². The minimum atomic E-state index is -0.165. The molecular formula is C28H40N4O3S. The van der Waals surface area contributed by atoms with Crippen LogP contribution in [0.4, 0.5) is 0 Å². The number of carbonyl (C=O) groups is 1. The molecule has 0 saturated carbocycles. The second kappa shape index (κ2) is 13.0. The van der Waals surface area contributed by atoms with Gasteiger partial charge in [-0.25, -0.2) is 0 Å². The number of carbonyl (C=O) groups excluding carboxylic acids is 1. The Labute approximate surface area is 217 Å². The fourth-order valence-corrected chi connectivity index (χ4v) is 5.06. The number of hydrogen-bond donors (Lipinski definition) is 4. The van der Waals surface area contributed by atoms with E-state index in [9.17, 15) is 14.7 Å². The molecule has 0 aliphatic rings. The molecule has 1 amide bonds. The van der Waals surface area contributed by atoms with Gasteiger partial charge in [-0.1, -0.05) is 68.0 Å². The van der Waals surface area contributed by atoms with Gasteiger partial charge in [0.15, 0.2) is 0 Å². The zero-order valence-corrected chi connectivity index (χ0v) is 22.8. The van der Waals surface area contributed by atoms with E-state index in [1.165, 1.54) is 11.1 Å². The summed E-state index contributed by atoms with van der Waals surface area (Å²) in [7, 11) is 0. The van der Waals surface area contributed by atoms with Gasteiger partial charge in [-0.3, -0.25) is 9.59 Å². The van der Waals surface area contributed by atoms with Crippen molar-refractivity contribution < 1.29 is 9.90 Å². The van der Waals surface area contributed by atoms with Gasteiger partial charge in [-0.05, 0) is 55.5 Å². The monoisotopic (exact) mass is 512 g/mol. The van der Waals surface area contributed by atoms with Gasteiger partial charge in [0.2, 0.25) is 5.91 Å². The Balaban J connectivity index is 1.41. The second-order valence-electron chi connectivity index (χ2n) is 10.6. The predicted molar refractivity (Wildman–Crippen MR) is 149 cm³/mol. The third-order valence-electron chi connectivity index (χ3n) is 6.01. The van der Waals surface area contributed by atoms with Gasteiger partial charge in [0.25, 0.3) is 0 Å². The molecule has 4 N–H and O–H groups in total. The average molecular weight is 513 g/mol. The van der Waals surface area contributed by atoms with Crippen molar-refractivity contribution in [3.63, 3.8) is 0 Å². The highest BCUT2D eigenvalue weighted by molar-refractivity contribution is 7.16. The number of H-pyrrole nitrogens is 1. The summed E-state index contributed by atoms with van der Waals surface area (Å²) in [5, 5.41) is 16.8. The molecule has 3 aromatic rings. The molecule has 7 nitrogen and oxygen atoms in total. The van der Waals surface area contributed by atoms with E-state index in [-0.39, 0.29) is 21.9 Å². The van der Waals surface area contributed by atoms with Crippen molar-refractivity contribution in [1.82, 2.24) is 20.5 Å². The average Bonchev–Trinajstić information content (AvgIpc) is 3.22. The molecule has 36 heavy (non-hydrogen) atoms. The van der Waals surface area contributed by atoms with E-state index < -0.39 is 0 Å². The topological polar surface area (TPSA) is 97.5 Å². The third kappa shape index (κ3) is 8.76. The van der Waals surface area contributed by atoms with Gasteiger partial charge in [-0.15, -0.1) is 0 Å². The number of nitrogens with one attached hydrogen (secondary N) is 3. The molecule has 0 aliphatic carbocycles. The number of phenolic OH excluding ortho intramolecular Hbond substituents is 1. The molecule has 0 aliphatic heterocycles. The number of aromatic hydroxyl groups is 1. The molecule has 0 atom stereocenters. The summed E-state index contributed by atoms with van der Waals surface area (Å²) in [6.07, 6.45) is 2.18. The summed E-state index contributed by atoms with van der Waals surface area (Å²) in [6.45, 7) is 12.9. The number of aromatic amines is 1. The van der Waals surface area contributed by atoms with Crippen LogP contribution >= 0.6 is 11.3 Å². The molecule has 0 saturated heterocycles. The maximum absolute atomic E-state index is 13.0. The van der Waals surface area contributed by atoms with Crippen LogP contribution in [-0.4, -0.2) is 60.2 Å². The lowest BCUT2D eigenvalue weighted by atomic mass is 9.96. The van der Waals surface area contributed by atoms with E-state index in [0.717, 1.165) is 47.5 Å². The molecule has 0 unspecified atom stereocenters. The lowest BCUT2D eigenvalue weighted by Gasteiger charge is -2.30. The highest BCUT2D eigenvalue weighted by Crippen LogP contribution is 2.27. The van der Waals surface area contributed by atoms with Crippen LogP contribution in [0.25, 0.3) is 10.2 Å². The number of aromatic nitrogens is 1. The van der Waals surface area contributed by atoms with E-state index >= 15 is 0 Å². The van der Waals surface area contributed by atoms with E-state index in [2.05, 4.69) is 67.6 Å². The summed E-state index contributed by atoms with van der Waals surface area (Å²) < 4.78 is 0.807. The van der Waals surface area contributed by atoms with Crippen LogP contribution in [0.3, 0.4) is 0 Å². The van der Waals surface area contributed by atoms with E-state index in [1.807, 2.05) is 11.0 Å². The van der Waals surface area contributed by atoms with Crippen molar-refractivity contribution in [2.24, 2.45) is 5.41 Å². The second-order valence-corrected chi connectivity index (χ2v) is 11.6. The number of amides is 1. The van der Waals surface area contributed by atoms with Gasteiger partial charge < -0.3 is 25.6 Å². The normalized spacial score (nSPS) is 11.8. The van der Waals surface area contributed by atoms with Crippen LogP contribution in [0.15, 0.2) is 41.2 Å². The molecule has 0 bridgehead atoms. The maximum atomic E-state index is 13.0. The maximum Gasteiger partial charge on any atom is 0.305 e. The van der Waals surface area contributed by atoms with E-state index in [1.54, 1.807) is 6.07 Å². The van der Waals surface area contributed by atoms with Crippen molar-refractivity contribution in [3.05, 3.63) is 62.8 Å². The van der Waals surface area contributed by atoms with E-state index in [0.29, 0.717) is 38.1 Å². The molecule has 196 valence electrons. The molecule has 0 spiro atoms. The fourth-order valence-electron chi connectivity index (χ4n) is 4.16. The number of hydrogen-bond acceptors (Lipinski definition) is 6. The number of aryl methyl sites for hydroxylation is 1. The first kappa shape index (κ1) is 27.9. The smallest absolute Gasteiger partial charge is 0.305 e. The molecule has 8 heteroatoms. The SMILES string of the molecule is Cc1ccc(CCNCCC(=O)N(CCNCCc2ccc(O)c3[nH]c(=O)sc23)CC(C)(C)C)cc1. The van der Waals surface area contributed by atoms with Gasteiger partial charge in [0, 0.05) is 32.6 Å². The molecular weight excluding hydrogens is 472 g/mol. The van der Waals surface area contributed by atoms with Gasteiger partial charge >= 0.3 is 4.87 Å². The first-order valence-electron chi connectivity index (χ1n) is 12.7. The molecule has 2 aromatic carbocycles. The van der Waals surface area contributed by atoms with Crippen molar-refractivity contribution in [3.8, 4) is 5.75 Å². The van der Waals surface area contributed by atoms with Crippen molar-refractivity contribution >= 4 is 27.5 Å². The number of phenols is 1. The lowest BCUT2D eigenvalue weighted by molar-refractivity contribution is -0.132. The largest absolute Gasteiger partial charge is 0.506 e. The van der Waals surface area contributed by atoms with Gasteiger partial charge in [-0.2, -0.15) is 0 Å². The molecule has 3 rings (SSSR count). The van der Waals surface area contributed by atoms with Crippen LogP contribution in [0, 0.1) is 12.3 Å². The Morgan fingerprint density at radius 2 is 1.69 bits per heavy atom. The molecule has 1 aromatic heterocycles. The summed E-state index contributed by atoms with van der Waals surface area (Å²) >= 11 is 1.12. The minimum Gasteiger partial charge on any atom is -0.506 e. The quantitative estimate of drug-likeness (QED) is 0.261. The van der Waals surface area contributed by atoms with Crippen molar-refractivity contribution in [1.29, 1.82) is 0 Å². The summed E-state index contributed by atoms with van der Waals surface area (Å²) in [5.74, 6) is 0.271. The van der Waals surface area contributed by atoms with E-state index in [4.69, 9.17) is 0 Å². The molecule has 1 heterocycles. The third-order valence-corrected chi connectivity index (χ3v) is 6.97. The first-order valence-corrected chi connectivity index (χ1v) is 13.5. The zero-order valence-electron chi connectivity index (χ0n) is 21.9. The van der Waals surface area contributed by atoms with Crippen LogP contribution in [0.1, 0.15) is 43.9 Å². The minimum absolute atomic E-state index is 0.0257. The lowest BCUT2D eigenvalue weighted by Crippen LogP contribution is -2.42. The summed E-state index contributed by atoms with van der Waals surface area (Å²) in [4.78, 5) is 29.2. The summed E-state index contributed by atoms with van der Waals surface area (Å²) in [5.41, 5.74) is 4.13. The Morgan fingerprint density at radius 1 is 1.00 bits per heavy atom. The molecule has 0 fully saturated rings.